The summed E-state index contributed by atoms with van der Waals surface area (Å²) in [6, 6.07) is 34.2. The van der Waals surface area contributed by atoms with Crippen molar-refractivity contribution in [2.45, 2.75) is 6.61 Å². The molecule has 0 bridgehead atoms. The van der Waals surface area contributed by atoms with Crippen molar-refractivity contribution in [1.82, 2.24) is 10.4 Å². The van der Waals surface area contributed by atoms with Crippen LogP contribution in [0.1, 0.15) is 21.5 Å². The summed E-state index contributed by atoms with van der Waals surface area (Å²) in [6.45, 7) is 0.357. The van der Waals surface area contributed by atoms with Gasteiger partial charge in [-0.05, 0) is 35.9 Å². The van der Waals surface area contributed by atoms with Crippen LogP contribution >= 0.6 is 11.6 Å². The van der Waals surface area contributed by atoms with Gasteiger partial charge in [0.2, 0.25) is 0 Å². The number of hydrazone groups is 1. The maximum atomic E-state index is 13.1. The monoisotopic (exact) mass is 491 g/mol. The van der Waals surface area contributed by atoms with Crippen molar-refractivity contribution in [2.75, 3.05) is 0 Å². The van der Waals surface area contributed by atoms with Crippen LogP contribution in [0.5, 0.6) is 5.75 Å². The third-order valence-corrected chi connectivity index (χ3v) is 5.99. The largest absolute Gasteiger partial charge is 0.489 e. The van der Waals surface area contributed by atoms with E-state index in [1.54, 1.807) is 12.3 Å². The summed E-state index contributed by atoms with van der Waals surface area (Å²) in [5.41, 5.74) is 7.27. The quantitative estimate of drug-likeness (QED) is 0.199. The van der Waals surface area contributed by atoms with Crippen molar-refractivity contribution < 1.29 is 9.53 Å². The number of fused-ring (bicyclic) bond motifs is 1. The van der Waals surface area contributed by atoms with Crippen LogP contribution in [0.3, 0.4) is 0 Å². The lowest BCUT2D eigenvalue weighted by Gasteiger charge is -2.09. The number of amides is 1. The number of nitrogens with zero attached hydrogens (tertiary/aromatic N) is 2. The number of halogens is 1. The predicted octanol–water partition coefficient (Wildman–Crippen LogP) is 6.90. The molecule has 0 saturated carbocycles. The zero-order valence-corrected chi connectivity index (χ0v) is 20.0. The van der Waals surface area contributed by atoms with E-state index in [2.05, 4.69) is 10.5 Å². The lowest BCUT2D eigenvalue weighted by Crippen LogP contribution is -2.18. The van der Waals surface area contributed by atoms with Crippen molar-refractivity contribution >= 4 is 34.6 Å². The predicted molar refractivity (Wildman–Crippen MR) is 144 cm³/mol. The first kappa shape index (κ1) is 23.3. The molecule has 0 unspecified atom stereocenters. The molecule has 0 saturated heterocycles. The molecule has 1 heterocycles. The summed E-state index contributed by atoms with van der Waals surface area (Å²) in [5, 5.41) is 5.61. The summed E-state index contributed by atoms with van der Waals surface area (Å²) in [6.07, 6.45) is 1.59. The van der Waals surface area contributed by atoms with Gasteiger partial charge in [-0.15, -0.1) is 0 Å². The minimum Gasteiger partial charge on any atom is -0.489 e. The van der Waals surface area contributed by atoms with E-state index in [1.807, 2.05) is 103 Å². The van der Waals surface area contributed by atoms with Gasteiger partial charge in [-0.2, -0.15) is 5.10 Å². The lowest BCUT2D eigenvalue weighted by atomic mass is 10.0. The molecular formula is C30H22ClN3O2. The molecule has 0 aliphatic carbocycles. The first-order valence-electron chi connectivity index (χ1n) is 11.4. The van der Waals surface area contributed by atoms with E-state index >= 15 is 0 Å². The summed E-state index contributed by atoms with van der Waals surface area (Å²) in [5.74, 6) is 0.367. The number of hydrogen-bond donors (Lipinski definition) is 1. The van der Waals surface area contributed by atoms with Crippen molar-refractivity contribution in [3.05, 3.63) is 131 Å². The van der Waals surface area contributed by atoms with E-state index in [4.69, 9.17) is 21.3 Å². The van der Waals surface area contributed by atoms with Gasteiger partial charge in [-0.3, -0.25) is 4.79 Å². The number of rotatable bonds is 7. The molecule has 0 radical (unpaired) electrons. The van der Waals surface area contributed by atoms with Gasteiger partial charge in [0.25, 0.3) is 5.91 Å². The second-order valence-corrected chi connectivity index (χ2v) is 8.50. The van der Waals surface area contributed by atoms with E-state index < -0.39 is 0 Å². The number of ether oxygens (including phenoxy) is 1. The molecule has 0 fully saturated rings. The van der Waals surface area contributed by atoms with Crippen molar-refractivity contribution in [1.29, 1.82) is 0 Å². The Kier molecular flexibility index (Phi) is 7.01. The normalized spacial score (nSPS) is 11.0. The van der Waals surface area contributed by atoms with Crippen LogP contribution in [0.2, 0.25) is 5.02 Å². The third kappa shape index (κ3) is 5.43. The molecule has 1 aromatic heterocycles. The van der Waals surface area contributed by atoms with Crippen LogP contribution < -0.4 is 10.2 Å². The van der Waals surface area contributed by atoms with Gasteiger partial charge < -0.3 is 4.74 Å². The Hall–Kier alpha value is -4.48. The first-order chi connectivity index (χ1) is 17.7. The fourth-order valence-electron chi connectivity index (χ4n) is 3.81. The van der Waals surface area contributed by atoms with Crippen LogP contribution in [0.15, 0.2) is 114 Å². The summed E-state index contributed by atoms with van der Waals surface area (Å²) in [4.78, 5) is 17.8. The first-order valence-corrected chi connectivity index (χ1v) is 11.8. The van der Waals surface area contributed by atoms with Gasteiger partial charge in [0.15, 0.2) is 0 Å². The van der Waals surface area contributed by atoms with Gasteiger partial charge in [0, 0.05) is 21.5 Å². The molecule has 1 N–H and O–H groups in total. The molecule has 0 aliphatic rings. The maximum Gasteiger partial charge on any atom is 0.272 e. The Balaban J connectivity index is 1.32. The standard InChI is InChI=1S/C30H22ClN3O2/c31-27-15-6-4-12-23(27)20-36-24-13-8-9-21(17-24)19-32-34-30(35)26-18-29(22-10-2-1-3-11-22)33-28-16-7-5-14-25(26)28/h1-19H,20H2,(H,34,35)/b32-19-. The van der Waals surface area contributed by atoms with Crippen molar-refractivity contribution in [2.24, 2.45) is 5.10 Å². The second-order valence-electron chi connectivity index (χ2n) is 8.09. The number of aromatic nitrogens is 1. The molecule has 1 amide bonds. The van der Waals surface area contributed by atoms with Crippen LogP contribution in [0.25, 0.3) is 22.2 Å². The number of para-hydroxylation sites is 1. The van der Waals surface area contributed by atoms with Crippen LogP contribution in [0, 0.1) is 0 Å². The molecule has 0 aliphatic heterocycles. The van der Waals surface area contributed by atoms with Gasteiger partial charge in [-0.1, -0.05) is 90.5 Å². The second kappa shape index (κ2) is 10.8. The summed E-state index contributed by atoms with van der Waals surface area (Å²) in [7, 11) is 0. The van der Waals surface area contributed by atoms with E-state index in [1.165, 1.54) is 0 Å². The Morgan fingerprint density at radius 3 is 2.53 bits per heavy atom. The zero-order chi connectivity index (χ0) is 24.7. The number of hydrogen-bond acceptors (Lipinski definition) is 4. The van der Waals surface area contributed by atoms with Crippen molar-refractivity contribution in [3.8, 4) is 17.0 Å². The number of nitrogens with one attached hydrogen (secondary N) is 1. The highest BCUT2D eigenvalue weighted by Crippen LogP contribution is 2.25. The number of carbonyl (C=O) groups excluding carboxylic acids is 1. The van der Waals surface area contributed by atoms with E-state index in [0.717, 1.165) is 33.3 Å². The van der Waals surface area contributed by atoms with Gasteiger partial charge >= 0.3 is 0 Å². The highest BCUT2D eigenvalue weighted by Gasteiger charge is 2.13. The molecule has 0 spiro atoms. The van der Waals surface area contributed by atoms with E-state index in [-0.39, 0.29) is 5.91 Å². The minimum absolute atomic E-state index is 0.312. The Labute approximate surface area is 214 Å². The average Bonchev–Trinajstić information content (AvgIpc) is 2.92. The topological polar surface area (TPSA) is 63.6 Å². The van der Waals surface area contributed by atoms with E-state index in [9.17, 15) is 4.79 Å². The fourth-order valence-corrected chi connectivity index (χ4v) is 4.00. The molecule has 36 heavy (non-hydrogen) atoms. The number of pyridine rings is 1. The van der Waals surface area contributed by atoms with Crippen LogP contribution in [-0.4, -0.2) is 17.1 Å². The van der Waals surface area contributed by atoms with Gasteiger partial charge in [0.1, 0.15) is 12.4 Å². The molecule has 5 nitrogen and oxygen atoms in total. The highest BCUT2D eigenvalue weighted by atomic mass is 35.5. The molecule has 5 rings (SSSR count). The molecule has 176 valence electrons. The fraction of sp³-hybridized carbons (Fsp3) is 0.0333. The van der Waals surface area contributed by atoms with Crippen molar-refractivity contribution in [3.63, 3.8) is 0 Å². The van der Waals surface area contributed by atoms with Gasteiger partial charge in [-0.25, -0.2) is 10.4 Å². The Bertz CT molecular complexity index is 1550. The molecule has 5 aromatic rings. The molecular weight excluding hydrogens is 470 g/mol. The lowest BCUT2D eigenvalue weighted by molar-refractivity contribution is 0.0956. The molecule has 4 aromatic carbocycles. The minimum atomic E-state index is -0.312. The third-order valence-electron chi connectivity index (χ3n) is 5.62. The Morgan fingerprint density at radius 2 is 1.67 bits per heavy atom. The maximum absolute atomic E-state index is 13.1. The highest BCUT2D eigenvalue weighted by molar-refractivity contribution is 6.31. The SMILES string of the molecule is O=C(N/N=C\c1cccc(OCc2ccccc2Cl)c1)c1cc(-c2ccccc2)nc2ccccc12. The number of carbonyl (C=O) groups is 1. The van der Waals surface area contributed by atoms with E-state index in [0.29, 0.717) is 22.9 Å². The van der Waals surface area contributed by atoms with Crippen LogP contribution in [-0.2, 0) is 6.61 Å². The average molecular weight is 492 g/mol. The van der Waals surface area contributed by atoms with Gasteiger partial charge in [0.05, 0.1) is 23.0 Å². The molecule has 0 atom stereocenters. The zero-order valence-electron chi connectivity index (χ0n) is 19.3. The number of benzene rings is 4. The summed E-state index contributed by atoms with van der Waals surface area (Å²) < 4.78 is 5.87. The molecule has 6 heteroatoms. The summed E-state index contributed by atoms with van der Waals surface area (Å²) >= 11 is 6.21. The Morgan fingerprint density at radius 1 is 0.889 bits per heavy atom. The smallest absolute Gasteiger partial charge is 0.272 e. The van der Waals surface area contributed by atoms with Crippen LogP contribution in [0.4, 0.5) is 0 Å².